The Labute approximate surface area is 298 Å². The zero-order chi connectivity index (χ0) is 36.3. The minimum Gasteiger partial charge on any atom is -0.493 e. The van der Waals surface area contributed by atoms with Gasteiger partial charge in [-0.1, -0.05) is 66.7 Å². The van der Waals surface area contributed by atoms with E-state index in [1.165, 1.54) is 44.2 Å². The fourth-order valence-corrected chi connectivity index (χ4v) is 6.06. The summed E-state index contributed by atoms with van der Waals surface area (Å²) >= 11 is 1.28. The topological polar surface area (TPSA) is 149 Å². The Bertz CT molecular complexity index is 2070. The number of anilines is 2. The van der Waals surface area contributed by atoms with Crippen LogP contribution in [0.15, 0.2) is 132 Å². The molecule has 1 unspecified atom stereocenters. The molecule has 0 saturated carbocycles. The smallest absolute Gasteiger partial charge is 0.272 e. The summed E-state index contributed by atoms with van der Waals surface area (Å²) in [6.07, 6.45) is 1.51. The van der Waals surface area contributed by atoms with E-state index in [0.29, 0.717) is 39.6 Å². The van der Waals surface area contributed by atoms with Crippen LogP contribution in [0.3, 0.4) is 0 Å². The number of aryl methyl sites for hydroxylation is 1. The Kier molecular flexibility index (Phi) is 11.8. The first-order valence-corrected chi connectivity index (χ1v) is 16.5. The number of benzene rings is 5. The number of rotatable bonds is 13. The third-order valence-corrected chi connectivity index (χ3v) is 8.92. The van der Waals surface area contributed by atoms with Crippen molar-refractivity contribution in [1.82, 2.24) is 5.32 Å². The lowest BCUT2D eigenvalue weighted by atomic mass is 10.1. The number of methoxy groups -OCH3 is 2. The van der Waals surface area contributed by atoms with Gasteiger partial charge in [-0.15, -0.1) is 11.8 Å². The number of nitro groups is 1. The third kappa shape index (κ3) is 9.19. The second-order valence-electron chi connectivity index (χ2n) is 11.1. The molecule has 0 bridgehead atoms. The quantitative estimate of drug-likeness (QED) is 0.0487. The van der Waals surface area contributed by atoms with E-state index in [0.717, 1.165) is 10.5 Å². The number of non-ortho nitro benzene ring substituents is 1. The van der Waals surface area contributed by atoms with Crippen molar-refractivity contribution in [1.29, 1.82) is 0 Å². The summed E-state index contributed by atoms with van der Waals surface area (Å²) in [6.45, 7) is 1.76. The van der Waals surface area contributed by atoms with Gasteiger partial charge in [0.2, 0.25) is 5.91 Å². The maximum Gasteiger partial charge on any atom is 0.272 e. The largest absolute Gasteiger partial charge is 0.493 e. The van der Waals surface area contributed by atoms with Crippen LogP contribution >= 0.6 is 11.8 Å². The highest BCUT2D eigenvalue weighted by atomic mass is 32.2. The van der Waals surface area contributed by atoms with Gasteiger partial charge in [0.25, 0.3) is 17.5 Å². The summed E-state index contributed by atoms with van der Waals surface area (Å²) in [7, 11) is 2.99. The first-order chi connectivity index (χ1) is 24.7. The molecule has 0 spiro atoms. The van der Waals surface area contributed by atoms with Crippen molar-refractivity contribution in [3.05, 3.63) is 159 Å². The Morgan fingerprint density at radius 3 is 2.14 bits per heavy atom. The lowest BCUT2D eigenvalue weighted by molar-refractivity contribution is -0.384. The van der Waals surface area contributed by atoms with Crippen LogP contribution in [0.4, 0.5) is 17.1 Å². The minimum atomic E-state index is -0.703. The molecule has 258 valence electrons. The van der Waals surface area contributed by atoms with E-state index in [9.17, 15) is 24.5 Å². The van der Waals surface area contributed by atoms with Crippen molar-refractivity contribution in [2.24, 2.45) is 0 Å². The maximum atomic E-state index is 13.7. The summed E-state index contributed by atoms with van der Waals surface area (Å²) in [5.41, 5.74) is 2.92. The highest BCUT2D eigenvalue weighted by Gasteiger charge is 2.24. The number of nitrogens with zero attached hydrogens (tertiary/aromatic N) is 1. The predicted octanol–water partition coefficient (Wildman–Crippen LogP) is 7.80. The number of hydrogen-bond donors (Lipinski definition) is 3. The molecule has 3 amide bonds. The molecule has 0 aliphatic rings. The molecule has 5 aromatic carbocycles. The fraction of sp³-hybridized carbons (Fsp3) is 0.103. The van der Waals surface area contributed by atoms with Gasteiger partial charge in [0.05, 0.1) is 24.8 Å². The first-order valence-electron chi connectivity index (χ1n) is 15.6. The summed E-state index contributed by atoms with van der Waals surface area (Å²) in [4.78, 5) is 52.0. The average Bonchev–Trinajstić information content (AvgIpc) is 3.15. The normalized spacial score (nSPS) is 11.5. The van der Waals surface area contributed by atoms with Gasteiger partial charge >= 0.3 is 0 Å². The second-order valence-corrected chi connectivity index (χ2v) is 12.3. The van der Waals surface area contributed by atoms with Crippen LogP contribution in [0, 0.1) is 17.0 Å². The Morgan fingerprint density at radius 1 is 0.804 bits per heavy atom. The van der Waals surface area contributed by atoms with Crippen molar-refractivity contribution in [3.63, 3.8) is 0 Å². The fourth-order valence-electron chi connectivity index (χ4n) is 5.03. The molecule has 0 radical (unpaired) electrons. The van der Waals surface area contributed by atoms with Gasteiger partial charge in [-0.25, -0.2) is 0 Å². The number of ether oxygens (including phenoxy) is 2. The molecule has 0 aromatic heterocycles. The first kappa shape index (κ1) is 35.9. The summed E-state index contributed by atoms with van der Waals surface area (Å²) < 4.78 is 10.9. The molecule has 12 heteroatoms. The Morgan fingerprint density at radius 2 is 1.49 bits per heavy atom. The monoisotopic (exact) mass is 702 g/mol. The summed E-state index contributed by atoms with van der Waals surface area (Å²) in [6, 6.07) is 34.1. The van der Waals surface area contributed by atoms with E-state index < -0.39 is 22.0 Å². The Balaban J connectivity index is 1.37. The molecule has 0 aliphatic carbocycles. The number of carbonyl (C=O) groups is 3. The molecule has 0 fully saturated rings. The number of nitro benzene ring substituents is 1. The van der Waals surface area contributed by atoms with Crippen molar-refractivity contribution < 1.29 is 28.8 Å². The van der Waals surface area contributed by atoms with Crippen molar-refractivity contribution in [2.45, 2.75) is 17.1 Å². The number of hydrogen-bond acceptors (Lipinski definition) is 8. The second kappa shape index (κ2) is 16.8. The lowest BCUT2D eigenvalue weighted by Gasteiger charge is -2.18. The highest BCUT2D eigenvalue weighted by Crippen LogP contribution is 2.37. The molecule has 5 aromatic rings. The zero-order valence-corrected chi connectivity index (χ0v) is 28.7. The van der Waals surface area contributed by atoms with Gasteiger partial charge in [-0.2, -0.15) is 0 Å². The van der Waals surface area contributed by atoms with Crippen LogP contribution in [-0.2, 0) is 9.59 Å². The van der Waals surface area contributed by atoms with Crippen LogP contribution in [0.25, 0.3) is 6.08 Å². The van der Waals surface area contributed by atoms with Crippen molar-refractivity contribution in [2.75, 3.05) is 24.9 Å². The van der Waals surface area contributed by atoms with E-state index >= 15 is 0 Å². The van der Waals surface area contributed by atoms with Gasteiger partial charge in [0, 0.05) is 33.8 Å². The molecular formula is C39H34N4O7S. The van der Waals surface area contributed by atoms with Crippen LogP contribution in [0.2, 0.25) is 0 Å². The maximum absolute atomic E-state index is 13.7. The number of nitrogens with one attached hydrogen (secondary N) is 3. The van der Waals surface area contributed by atoms with E-state index in [4.69, 9.17) is 9.47 Å². The van der Waals surface area contributed by atoms with Gasteiger partial charge in [0.15, 0.2) is 11.5 Å². The number of amides is 3. The molecule has 0 heterocycles. The van der Waals surface area contributed by atoms with Gasteiger partial charge < -0.3 is 25.4 Å². The molecule has 0 aliphatic heterocycles. The van der Waals surface area contributed by atoms with Gasteiger partial charge in [-0.3, -0.25) is 24.5 Å². The van der Waals surface area contributed by atoms with Gasteiger partial charge in [0.1, 0.15) is 10.9 Å². The molecule has 0 saturated heterocycles. The SMILES string of the molecule is COc1cccc(/C=C(\NC(=O)c2ccccc2)C(=O)Nc2ccc(SC(C(=O)Nc3cc([N+](=O)[O-])ccc3C)c3ccccc3)cc2)c1OC. The number of para-hydroxylation sites is 1. The molecule has 11 nitrogen and oxygen atoms in total. The minimum absolute atomic E-state index is 0.0360. The van der Waals surface area contributed by atoms with Crippen LogP contribution < -0.4 is 25.4 Å². The zero-order valence-electron chi connectivity index (χ0n) is 27.9. The van der Waals surface area contributed by atoms with E-state index in [1.54, 1.807) is 85.8 Å². The standard InChI is InChI=1S/C39H34N4O7S/c1-25-17-20-30(43(47)48)24-32(25)41-39(46)36(26-11-6-4-7-12-26)51-31-21-18-29(19-22-31)40-38(45)33(42-37(44)27-13-8-5-9-14-27)23-28-15-10-16-34(49-2)35(28)50-3/h4-24,36H,1-3H3,(H,40,45)(H,41,46)(H,42,44)/b33-23-. The number of carbonyl (C=O) groups excluding carboxylic acids is 3. The van der Waals surface area contributed by atoms with Crippen molar-refractivity contribution >= 4 is 52.6 Å². The molecular weight excluding hydrogens is 669 g/mol. The molecule has 3 N–H and O–H groups in total. The molecule has 5 rings (SSSR count). The van der Waals surface area contributed by atoms with Crippen LogP contribution in [0.5, 0.6) is 11.5 Å². The lowest BCUT2D eigenvalue weighted by Crippen LogP contribution is -2.30. The average molecular weight is 703 g/mol. The highest BCUT2D eigenvalue weighted by molar-refractivity contribution is 8.00. The van der Waals surface area contributed by atoms with Gasteiger partial charge in [-0.05, 0) is 66.6 Å². The summed E-state index contributed by atoms with van der Waals surface area (Å²) in [5.74, 6) is -0.576. The van der Waals surface area contributed by atoms with E-state index in [1.807, 2.05) is 30.3 Å². The van der Waals surface area contributed by atoms with Crippen LogP contribution in [-0.4, -0.2) is 36.9 Å². The predicted molar refractivity (Wildman–Crippen MR) is 198 cm³/mol. The molecule has 1 atom stereocenters. The van der Waals surface area contributed by atoms with Crippen LogP contribution in [0.1, 0.15) is 32.3 Å². The van der Waals surface area contributed by atoms with E-state index in [-0.39, 0.29) is 17.3 Å². The third-order valence-electron chi connectivity index (χ3n) is 7.66. The van der Waals surface area contributed by atoms with E-state index in [2.05, 4.69) is 16.0 Å². The Hall–Kier alpha value is -6.40. The van der Waals surface area contributed by atoms with Crippen molar-refractivity contribution in [3.8, 4) is 11.5 Å². The molecule has 51 heavy (non-hydrogen) atoms. The summed E-state index contributed by atoms with van der Waals surface area (Å²) in [5, 5.41) is 19.1. The number of thioether (sulfide) groups is 1.